The number of hydrogen-bond donors (Lipinski definition) is 0. The number of aromatic nitrogens is 5. The van der Waals surface area contributed by atoms with Crippen LogP contribution >= 0.6 is 0 Å². The lowest BCUT2D eigenvalue weighted by atomic mass is 10.1. The molecular weight excluding hydrogens is 312 g/mol. The Labute approximate surface area is 143 Å². The van der Waals surface area contributed by atoms with Crippen LogP contribution in [0, 0.1) is 0 Å². The van der Waals surface area contributed by atoms with Crippen molar-refractivity contribution < 1.29 is 0 Å². The van der Waals surface area contributed by atoms with Gasteiger partial charge in [-0.2, -0.15) is 9.61 Å². The molecule has 6 heteroatoms. The molecule has 6 nitrogen and oxygen atoms in total. The van der Waals surface area contributed by atoms with E-state index < -0.39 is 0 Å². The average Bonchev–Trinajstić information content (AvgIpc) is 3.32. The van der Waals surface area contributed by atoms with Gasteiger partial charge in [-0.3, -0.25) is 9.98 Å². The van der Waals surface area contributed by atoms with Crippen molar-refractivity contribution in [1.82, 2.24) is 24.8 Å². The van der Waals surface area contributed by atoms with E-state index >= 15 is 0 Å². The largest absolute Gasteiger partial charge is 0.288 e. The molecule has 25 heavy (non-hydrogen) atoms. The van der Waals surface area contributed by atoms with Gasteiger partial charge >= 0.3 is 0 Å². The van der Waals surface area contributed by atoms with Gasteiger partial charge in [0.15, 0.2) is 11.5 Å². The van der Waals surface area contributed by atoms with E-state index in [9.17, 15) is 0 Å². The van der Waals surface area contributed by atoms with Gasteiger partial charge in [-0.1, -0.05) is 18.2 Å². The van der Waals surface area contributed by atoms with E-state index in [-0.39, 0.29) is 0 Å². The van der Waals surface area contributed by atoms with Crippen molar-refractivity contribution in [3.63, 3.8) is 0 Å². The summed E-state index contributed by atoms with van der Waals surface area (Å²) in [6, 6.07) is 14.2. The summed E-state index contributed by atoms with van der Waals surface area (Å²) in [5.41, 5.74) is 4.82. The molecule has 0 saturated heterocycles. The van der Waals surface area contributed by atoms with Crippen LogP contribution in [0.1, 0.15) is 17.1 Å². The van der Waals surface area contributed by atoms with Crippen molar-refractivity contribution in [3.05, 3.63) is 71.8 Å². The summed E-state index contributed by atoms with van der Waals surface area (Å²) in [6.07, 6.45) is 6.39. The lowest BCUT2D eigenvalue weighted by Gasteiger charge is -2.04. The first-order valence-corrected chi connectivity index (χ1v) is 8.12. The summed E-state index contributed by atoms with van der Waals surface area (Å²) >= 11 is 0. The van der Waals surface area contributed by atoms with Crippen LogP contribution in [0.4, 0.5) is 0 Å². The van der Waals surface area contributed by atoms with Gasteiger partial charge in [-0.05, 0) is 35.9 Å². The Balaban J connectivity index is 1.55. The first-order valence-electron chi connectivity index (χ1n) is 8.12. The van der Waals surface area contributed by atoms with Gasteiger partial charge in [0.1, 0.15) is 0 Å². The number of fused-ring (bicyclic) bond motifs is 2. The Morgan fingerprint density at radius 3 is 2.96 bits per heavy atom. The third-order valence-electron chi connectivity index (χ3n) is 4.30. The van der Waals surface area contributed by atoms with E-state index in [1.807, 2.05) is 35.0 Å². The van der Waals surface area contributed by atoms with E-state index in [1.165, 1.54) is 0 Å². The van der Waals surface area contributed by atoms with Crippen LogP contribution in [0.25, 0.3) is 22.1 Å². The highest BCUT2D eigenvalue weighted by Gasteiger charge is 2.11. The molecule has 1 aliphatic rings. The molecule has 120 valence electrons. The van der Waals surface area contributed by atoms with Gasteiger partial charge in [-0.25, -0.2) is 0 Å². The minimum atomic E-state index is 0.662. The second-order valence-electron chi connectivity index (χ2n) is 5.97. The molecule has 4 heterocycles. The summed E-state index contributed by atoms with van der Waals surface area (Å²) in [5.74, 6) is 0.815. The summed E-state index contributed by atoms with van der Waals surface area (Å²) in [5, 5.41) is 14.4. The first-order chi connectivity index (χ1) is 12.4. The van der Waals surface area contributed by atoms with Crippen molar-refractivity contribution in [1.29, 1.82) is 0 Å². The van der Waals surface area contributed by atoms with Crippen molar-refractivity contribution in [2.24, 2.45) is 4.99 Å². The lowest BCUT2D eigenvalue weighted by Crippen LogP contribution is -2.03. The normalized spacial score (nSPS) is 13.7. The van der Waals surface area contributed by atoms with Crippen LogP contribution in [0.15, 0.2) is 59.7 Å². The predicted molar refractivity (Wildman–Crippen MR) is 96.7 cm³/mol. The SMILES string of the molecule is C1=NCC=C1c1ccc2nnc(Cc3ccc4ncccc4c3)n2n1. The zero-order chi connectivity index (χ0) is 16.6. The highest BCUT2D eigenvalue weighted by Crippen LogP contribution is 2.18. The van der Waals surface area contributed by atoms with E-state index in [2.05, 4.69) is 44.4 Å². The van der Waals surface area contributed by atoms with E-state index in [4.69, 9.17) is 5.10 Å². The second-order valence-corrected chi connectivity index (χ2v) is 5.97. The maximum absolute atomic E-state index is 4.70. The highest BCUT2D eigenvalue weighted by molar-refractivity contribution is 6.10. The molecular formula is C19H14N6. The molecule has 0 bridgehead atoms. The smallest absolute Gasteiger partial charge is 0.177 e. The van der Waals surface area contributed by atoms with Crippen molar-refractivity contribution in [2.75, 3.05) is 6.54 Å². The van der Waals surface area contributed by atoms with Crippen LogP contribution in [0.2, 0.25) is 0 Å². The molecule has 4 aromatic rings. The Bertz CT molecular complexity index is 1150. The zero-order valence-corrected chi connectivity index (χ0v) is 13.4. The van der Waals surface area contributed by atoms with Gasteiger partial charge in [0.25, 0.3) is 0 Å². The average molecular weight is 326 g/mol. The molecule has 0 aliphatic carbocycles. The molecule has 0 amide bonds. The fourth-order valence-electron chi connectivity index (χ4n) is 3.04. The number of nitrogens with zero attached hydrogens (tertiary/aromatic N) is 6. The number of allylic oxidation sites excluding steroid dienone is 1. The number of rotatable bonds is 3. The fourth-order valence-corrected chi connectivity index (χ4v) is 3.04. The van der Waals surface area contributed by atoms with E-state index in [0.717, 1.165) is 45.7 Å². The standard InChI is InChI=1S/C19H14N6/c1-2-14-10-13(3-4-16(14)21-8-1)11-19-23-22-18-6-5-17(24-25(18)19)15-7-9-20-12-15/h1-8,10,12H,9,11H2. The number of benzene rings is 1. The molecule has 1 aromatic carbocycles. The summed E-state index contributed by atoms with van der Waals surface area (Å²) in [4.78, 5) is 8.58. The van der Waals surface area contributed by atoms with E-state index in [1.54, 1.807) is 6.20 Å². The quantitative estimate of drug-likeness (QED) is 0.580. The second kappa shape index (κ2) is 5.59. The Morgan fingerprint density at radius 1 is 1.04 bits per heavy atom. The van der Waals surface area contributed by atoms with E-state index in [0.29, 0.717) is 6.42 Å². The van der Waals surface area contributed by atoms with Crippen LogP contribution in [0.5, 0.6) is 0 Å². The van der Waals surface area contributed by atoms with Crippen molar-refractivity contribution in [3.8, 4) is 0 Å². The molecule has 1 aliphatic heterocycles. The van der Waals surface area contributed by atoms with Crippen molar-refractivity contribution in [2.45, 2.75) is 6.42 Å². The predicted octanol–water partition coefficient (Wildman–Crippen LogP) is 2.73. The molecule has 3 aromatic heterocycles. The summed E-state index contributed by atoms with van der Waals surface area (Å²) in [6.45, 7) is 0.717. The Hall–Kier alpha value is -3.41. The third kappa shape index (κ3) is 2.48. The third-order valence-corrected chi connectivity index (χ3v) is 4.30. The van der Waals surface area contributed by atoms with Crippen LogP contribution in [0.3, 0.4) is 0 Å². The Morgan fingerprint density at radius 2 is 2.04 bits per heavy atom. The zero-order valence-electron chi connectivity index (χ0n) is 13.4. The number of pyridine rings is 1. The maximum Gasteiger partial charge on any atom is 0.177 e. The van der Waals surface area contributed by atoms with Gasteiger partial charge in [0.05, 0.1) is 17.8 Å². The molecule has 0 spiro atoms. The molecule has 0 N–H and O–H groups in total. The molecule has 0 radical (unpaired) electrons. The first kappa shape index (κ1) is 14.0. The van der Waals surface area contributed by atoms with Crippen molar-refractivity contribution >= 4 is 28.3 Å². The Kier molecular flexibility index (Phi) is 3.13. The molecule has 5 rings (SSSR count). The van der Waals surface area contributed by atoms with Gasteiger partial charge in [-0.15, -0.1) is 10.2 Å². The lowest BCUT2D eigenvalue weighted by molar-refractivity contribution is 0.832. The number of hydrogen-bond acceptors (Lipinski definition) is 5. The highest BCUT2D eigenvalue weighted by atomic mass is 15.4. The topological polar surface area (TPSA) is 68.3 Å². The fraction of sp³-hybridized carbons (Fsp3) is 0.105. The molecule has 0 saturated carbocycles. The maximum atomic E-state index is 4.70. The monoisotopic (exact) mass is 326 g/mol. The minimum absolute atomic E-state index is 0.662. The minimum Gasteiger partial charge on any atom is -0.288 e. The molecule has 0 fully saturated rings. The van der Waals surface area contributed by atoms with Crippen LogP contribution in [-0.4, -0.2) is 37.6 Å². The summed E-state index contributed by atoms with van der Waals surface area (Å²) < 4.78 is 1.82. The van der Waals surface area contributed by atoms with Crippen LogP contribution < -0.4 is 0 Å². The molecule has 0 unspecified atom stereocenters. The van der Waals surface area contributed by atoms with Gasteiger partial charge < -0.3 is 0 Å². The van der Waals surface area contributed by atoms with Crippen LogP contribution in [-0.2, 0) is 6.42 Å². The molecule has 0 atom stereocenters. The number of aliphatic imine (C=N–C) groups is 1. The van der Waals surface area contributed by atoms with Gasteiger partial charge in [0.2, 0.25) is 0 Å². The summed E-state index contributed by atoms with van der Waals surface area (Å²) in [7, 11) is 0. The van der Waals surface area contributed by atoms with Gasteiger partial charge in [0, 0.05) is 29.8 Å².